The van der Waals surface area contributed by atoms with Crippen molar-refractivity contribution in [3.63, 3.8) is 0 Å². The molecule has 0 radical (unpaired) electrons. The fourth-order valence-electron chi connectivity index (χ4n) is 1.71. The SMILES string of the molecule is CCNCC(=Cc1cc(Br)ccc1OC)C(C)C. The van der Waals surface area contributed by atoms with Gasteiger partial charge in [0.15, 0.2) is 0 Å². The molecule has 100 valence electrons. The first-order valence-electron chi connectivity index (χ1n) is 6.33. The second-order valence-electron chi connectivity index (χ2n) is 4.54. The Balaban J connectivity index is 3.05. The number of benzene rings is 1. The lowest BCUT2D eigenvalue weighted by Crippen LogP contribution is -2.18. The molecule has 0 aliphatic heterocycles. The van der Waals surface area contributed by atoms with Crippen molar-refractivity contribution in [3.8, 4) is 5.75 Å². The second-order valence-corrected chi connectivity index (χ2v) is 5.46. The molecule has 0 bridgehead atoms. The van der Waals surface area contributed by atoms with Crippen LogP contribution in [-0.2, 0) is 0 Å². The average Bonchev–Trinajstić information content (AvgIpc) is 2.34. The van der Waals surface area contributed by atoms with Gasteiger partial charge >= 0.3 is 0 Å². The lowest BCUT2D eigenvalue weighted by molar-refractivity contribution is 0.413. The standard InChI is InChI=1S/C15H22BrNO/c1-5-17-10-13(11(2)3)8-12-9-14(16)6-7-15(12)18-4/h6-9,11,17H,5,10H2,1-4H3. The number of rotatable bonds is 6. The van der Waals surface area contributed by atoms with Crippen LogP contribution >= 0.6 is 15.9 Å². The third-order valence-corrected chi connectivity index (χ3v) is 3.35. The van der Waals surface area contributed by atoms with Crippen molar-refractivity contribution in [3.05, 3.63) is 33.8 Å². The molecule has 3 heteroatoms. The lowest BCUT2D eigenvalue weighted by atomic mass is 10.00. The summed E-state index contributed by atoms with van der Waals surface area (Å²) in [6.07, 6.45) is 2.22. The lowest BCUT2D eigenvalue weighted by Gasteiger charge is -2.13. The summed E-state index contributed by atoms with van der Waals surface area (Å²) in [4.78, 5) is 0. The third-order valence-electron chi connectivity index (χ3n) is 2.85. The summed E-state index contributed by atoms with van der Waals surface area (Å²) in [5.41, 5.74) is 2.50. The van der Waals surface area contributed by atoms with Crippen molar-refractivity contribution in [1.29, 1.82) is 0 Å². The van der Waals surface area contributed by atoms with Crippen LogP contribution in [-0.4, -0.2) is 20.2 Å². The molecular weight excluding hydrogens is 290 g/mol. The van der Waals surface area contributed by atoms with E-state index in [0.29, 0.717) is 5.92 Å². The first kappa shape index (κ1) is 15.3. The van der Waals surface area contributed by atoms with Gasteiger partial charge in [-0.2, -0.15) is 0 Å². The van der Waals surface area contributed by atoms with Crippen LogP contribution in [0, 0.1) is 5.92 Å². The molecule has 18 heavy (non-hydrogen) atoms. The van der Waals surface area contributed by atoms with Gasteiger partial charge in [0, 0.05) is 16.6 Å². The first-order chi connectivity index (χ1) is 8.58. The third kappa shape index (κ3) is 4.46. The van der Waals surface area contributed by atoms with Crippen LogP contribution in [0.3, 0.4) is 0 Å². The number of hydrogen-bond acceptors (Lipinski definition) is 2. The smallest absolute Gasteiger partial charge is 0.126 e. The van der Waals surface area contributed by atoms with E-state index in [1.54, 1.807) is 7.11 Å². The summed E-state index contributed by atoms with van der Waals surface area (Å²) in [6, 6.07) is 6.07. The van der Waals surface area contributed by atoms with E-state index < -0.39 is 0 Å². The highest BCUT2D eigenvalue weighted by Gasteiger charge is 2.06. The Bertz CT molecular complexity index is 413. The maximum Gasteiger partial charge on any atom is 0.126 e. The molecule has 0 aliphatic rings. The average molecular weight is 312 g/mol. The number of halogens is 1. The Labute approximate surface area is 119 Å². The van der Waals surface area contributed by atoms with Gasteiger partial charge < -0.3 is 10.1 Å². The largest absolute Gasteiger partial charge is 0.496 e. The molecule has 1 rings (SSSR count). The van der Waals surface area contributed by atoms with Gasteiger partial charge in [-0.15, -0.1) is 0 Å². The van der Waals surface area contributed by atoms with Crippen molar-refractivity contribution in [2.24, 2.45) is 5.92 Å². The Morgan fingerprint density at radius 1 is 1.44 bits per heavy atom. The zero-order valence-corrected chi connectivity index (χ0v) is 13.2. The van der Waals surface area contributed by atoms with Gasteiger partial charge in [-0.1, -0.05) is 48.4 Å². The molecule has 0 unspecified atom stereocenters. The summed E-state index contributed by atoms with van der Waals surface area (Å²) in [5.74, 6) is 1.43. The van der Waals surface area contributed by atoms with Gasteiger partial charge in [0.2, 0.25) is 0 Å². The molecule has 0 saturated carbocycles. The molecular formula is C15H22BrNO. The van der Waals surface area contributed by atoms with Crippen LogP contribution in [0.4, 0.5) is 0 Å². The molecule has 0 saturated heterocycles. The Morgan fingerprint density at radius 3 is 2.72 bits per heavy atom. The summed E-state index contributed by atoms with van der Waals surface area (Å²) >= 11 is 3.50. The minimum absolute atomic E-state index is 0.521. The van der Waals surface area contributed by atoms with Crippen LogP contribution in [0.2, 0.25) is 0 Å². The Kier molecular flexibility index (Phi) is 6.44. The summed E-state index contributed by atoms with van der Waals surface area (Å²) in [7, 11) is 1.71. The van der Waals surface area contributed by atoms with Crippen molar-refractivity contribution in [1.82, 2.24) is 5.32 Å². The van der Waals surface area contributed by atoms with Gasteiger partial charge in [0.1, 0.15) is 5.75 Å². The van der Waals surface area contributed by atoms with Gasteiger partial charge in [-0.3, -0.25) is 0 Å². The number of nitrogens with one attached hydrogen (secondary N) is 1. The molecule has 2 nitrogen and oxygen atoms in total. The second kappa shape index (κ2) is 7.59. The van der Waals surface area contributed by atoms with Gasteiger partial charge in [0.05, 0.1) is 7.11 Å². The molecule has 0 spiro atoms. The molecule has 0 aliphatic carbocycles. The van der Waals surface area contributed by atoms with E-state index in [9.17, 15) is 0 Å². The predicted molar refractivity (Wildman–Crippen MR) is 82.1 cm³/mol. The van der Waals surface area contributed by atoms with E-state index >= 15 is 0 Å². The molecule has 0 amide bonds. The van der Waals surface area contributed by atoms with E-state index in [0.717, 1.165) is 28.9 Å². The monoisotopic (exact) mass is 311 g/mol. The van der Waals surface area contributed by atoms with Crippen LogP contribution < -0.4 is 10.1 Å². The van der Waals surface area contributed by atoms with Crippen molar-refractivity contribution >= 4 is 22.0 Å². The van der Waals surface area contributed by atoms with E-state index in [2.05, 4.69) is 54.2 Å². The van der Waals surface area contributed by atoms with Crippen molar-refractivity contribution in [2.75, 3.05) is 20.2 Å². The van der Waals surface area contributed by atoms with Crippen LogP contribution in [0.15, 0.2) is 28.2 Å². The Morgan fingerprint density at radius 2 is 2.17 bits per heavy atom. The predicted octanol–water partition coefficient (Wildman–Crippen LogP) is 4.11. The van der Waals surface area contributed by atoms with Gasteiger partial charge in [-0.25, -0.2) is 0 Å². The van der Waals surface area contributed by atoms with E-state index in [1.165, 1.54) is 5.57 Å². The van der Waals surface area contributed by atoms with Gasteiger partial charge in [-0.05, 0) is 30.7 Å². The number of hydrogen-bond donors (Lipinski definition) is 1. The summed E-state index contributed by atoms with van der Waals surface area (Å²) < 4.78 is 6.47. The molecule has 0 fully saturated rings. The highest BCUT2D eigenvalue weighted by atomic mass is 79.9. The number of methoxy groups -OCH3 is 1. The first-order valence-corrected chi connectivity index (χ1v) is 7.12. The topological polar surface area (TPSA) is 21.3 Å². The fraction of sp³-hybridized carbons (Fsp3) is 0.467. The van der Waals surface area contributed by atoms with Crippen LogP contribution in [0.1, 0.15) is 26.3 Å². The highest BCUT2D eigenvalue weighted by Crippen LogP contribution is 2.26. The maximum absolute atomic E-state index is 5.40. The summed E-state index contributed by atoms with van der Waals surface area (Å²) in [5, 5.41) is 3.38. The quantitative estimate of drug-likeness (QED) is 0.853. The van der Waals surface area contributed by atoms with Crippen molar-refractivity contribution in [2.45, 2.75) is 20.8 Å². The molecule has 1 aromatic rings. The molecule has 0 aromatic heterocycles. The van der Waals surface area contributed by atoms with Crippen molar-refractivity contribution < 1.29 is 4.74 Å². The minimum atomic E-state index is 0.521. The highest BCUT2D eigenvalue weighted by molar-refractivity contribution is 9.10. The molecule has 1 N–H and O–H groups in total. The van der Waals surface area contributed by atoms with E-state index in [-0.39, 0.29) is 0 Å². The molecule has 0 atom stereocenters. The zero-order valence-electron chi connectivity index (χ0n) is 11.6. The minimum Gasteiger partial charge on any atom is -0.496 e. The summed E-state index contributed by atoms with van der Waals surface area (Å²) in [6.45, 7) is 8.46. The molecule has 1 aromatic carbocycles. The van der Waals surface area contributed by atoms with Crippen LogP contribution in [0.5, 0.6) is 5.75 Å². The molecule has 0 heterocycles. The normalized spacial score (nSPS) is 12.0. The van der Waals surface area contributed by atoms with Gasteiger partial charge in [0.25, 0.3) is 0 Å². The fourth-order valence-corrected chi connectivity index (χ4v) is 2.09. The van der Waals surface area contributed by atoms with E-state index in [4.69, 9.17) is 4.74 Å². The number of likely N-dealkylation sites (N-methyl/N-ethyl adjacent to an activating group) is 1. The maximum atomic E-state index is 5.40. The number of ether oxygens (including phenoxy) is 1. The van der Waals surface area contributed by atoms with E-state index in [1.807, 2.05) is 12.1 Å². The van der Waals surface area contributed by atoms with Crippen LogP contribution in [0.25, 0.3) is 6.08 Å². The zero-order chi connectivity index (χ0) is 13.5. The Hall–Kier alpha value is -0.800.